The molecule has 0 bridgehead atoms. The highest BCUT2D eigenvalue weighted by Crippen LogP contribution is 2.36. The van der Waals surface area contributed by atoms with Crippen molar-refractivity contribution in [2.24, 2.45) is 0 Å². The molecule has 0 unspecified atom stereocenters. The first-order chi connectivity index (χ1) is 12.7. The lowest BCUT2D eigenvalue weighted by molar-refractivity contribution is -0.118. The number of rotatable bonds is 4. The summed E-state index contributed by atoms with van der Waals surface area (Å²) in [6.45, 7) is 3.57. The Kier molecular flexibility index (Phi) is 4.55. The Morgan fingerprint density at radius 1 is 1.23 bits per heavy atom. The van der Waals surface area contributed by atoms with Crippen molar-refractivity contribution in [3.8, 4) is 5.75 Å². The van der Waals surface area contributed by atoms with Crippen molar-refractivity contribution in [3.05, 3.63) is 36.4 Å². The van der Waals surface area contributed by atoms with Crippen molar-refractivity contribution in [1.82, 2.24) is 4.90 Å². The number of fused-ring (bicyclic) bond motifs is 3. The van der Waals surface area contributed by atoms with Crippen LogP contribution in [0.5, 0.6) is 5.75 Å². The molecule has 1 N–H and O–H groups in total. The molecule has 1 saturated heterocycles. The Morgan fingerprint density at radius 2 is 2.08 bits per heavy atom. The smallest absolute Gasteiger partial charge is 0.238 e. The van der Waals surface area contributed by atoms with E-state index in [0.717, 1.165) is 41.3 Å². The van der Waals surface area contributed by atoms with Crippen molar-refractivity contribution in [1.29, 1.82) is 0 Å². The van der Waals surface area contributed by atoms with Gasteiger partial charge in [-0.15, -0.1) is 0 Å². The minimum absolute atomic E-state index is 0.0208. The Hall–Kier alpha value is -2.53. The maximum Gasteiger partial charge on any atom is 0.238 e. The van der Waals surface area contributed by atoms with E-state index >= 15 is 0 Å². The number of amides is 1. The third kappa shape index (κ3) is 3.15. The zero-order valence-corrected chi connectivity index (χ0v) is 15.2. The summed E-state index contributed by atoms with van der Waals surface area (Å²) in [5.41, 5.74) is 2.22. The molecule has 0 aliphatic carbocycles. The fraction of sp³-hybridized carbons (Fsp3) is 0.381. The Labute approximate surface area is 152 Å². The summed E-state index contributed by atoms with van der Waals surface area (Å²) in [5, 5.41) is 5.03. The Bertz CT molecular complexity index is 947. The number of furan rings is 1. The lowest BCUT2D eigenvalue weighted by atomic mass is 10.0. The maximum absolute atomic E-state index is 12.6. The fourth-order valence-electron chi connectivity index (χ4n) is 3.78. The van der Waals surface area contributed by atoms with Crippen molar-refractivity contribution in [3.63, 3.8) is 0 Å². The van der Waals surface area contributed by atoms with E-state index in [1.165, 1.54) is 6.42 Å². The van der Waals surface area contributed by atoms with Crippen LogP contribution < -0.4 is 10.1 Å². The van der Waals surface area contributed by atoms with Gasteiger partial charge in [-0.05, 0) is 38.4 Å². The summed E-state index contributed by atoms with van der Waals surface area (Å²) in [5.74, 6) is 0.622. The van der Waals surface area contributed by atoms with E-state index in [2.05, 4.69) is 17.1 Å². The number of hydrogen-bond acceptors (Lipinski definition) is 4. The second-order valence-electron chi connectivity index (χ2n) is 7.01. The molecular weight excluding hydrogens is 328 g/mol. The third-order valence-corrected chi connectivity index (χ3v) is 5.26. The van der Waals surface area contributed by atoms with Gasteiger partial charge >= 0.3 is 0 Å². The molecule has 2 aromatic carbocycles. The molecule has 2 heterocycles. The number of nitrogens with one attached hydrogen (secondary N) is 1. The van der Waals surface area contributed by atoms with Gasteiger partial charge in [0.2, 0.25) is 5.91 Å². The van der Waals surface area contributed by atoms with Gasteiger partial charge in [0.25, 0.3) is 0 Å². The monoisotopic (exact) mass is 352 g/mol. The van der Waals surface area contributed by atoms with Gasteiger partial charge in [-0.25, -0.2) is 0 Å². The summed E-state index contributed by atoms with van der Waals surface area (Å²) in [6, 6.07) is 12.1. The normalized spacial score (nSPS) is 18.3. The molecule has 1 fully saturated rings. The van der Waals surface area contributed by atoms with Crippen LogP contribution >= 0.6 is 0 Å². The van der Waals surface area contributed by atoms with Crippen molar-refractivity contribution >= 4 is 33.5 Å². The van der Waals surface area contributed by atoms with Gasteiger partial charge in [0, 0.05) is 22.9 Å². The van der Waals surface area contributed by atoms with Crippen LogP contribution in [0.2, 0.25) is 0 Å². The van der Waals surface area contributed by atoms with Crippen LogP contribution in [0.4, 0.5) is 5.69 Å². The molecule has 5 nitrogen and oxygen atoms in total. The van der Waals surface area contributed by atoms with Crippen LogP contribution in [-0.4, -0.2) is 37.0 Å². The van der Waals surface area contributed by atoms with Gasteiger partial charge < -0.3 is 14.5 Å². The lowest BCUT2D eigenvalue weighted by Crippen LogP contribution is -2.42. The lowest BCUT2D eigenvalue weighted by Gasteiger charge is -2.32. The number of methoxy groups -OCH3 is 1. The van der Waals surface area contributed by atoms with Crippen LogP contribution in [0.3, 0.4) is 0 Å². The van der Waals surface area contributed by atoms with E-state index in [9.17, 15) is 4.79 Å². The number of carbonyl (C=O) groups excluding carboxylic acids is 1. The average molecular weight is 352 g/mol. The molecule has 1 aliphatic heterocycles. The van der Waals surface area contributed by atoms with Crippen molar-refractivity contribution in [2.45, 2.75) is 32.2 Å². The summed E-state index contributed by atoms with van der Waals surface area (Å²) in [4.78, 5) is 14.8. The molecule has 1 amide bonds. The van der Waals surface area contributed by atoms with Crippen LogP contribution in [0, 0.1) is 0 Å². The molecular formula is C21H24N2O3. The predicted octanol–water partition coefficient (Wildman–Crippen LogP) is 4.41. The molecule has 5 heteroatoms. The molecule has 136 valence electrons. The zero-order chi connectivity index (χ0) is 18.1. The molecule has 0 saturated carbocycles. The van der Waals surface area contributed by atoms with E-state index in [4.69, 9.17) is 9.15 Å². The summed E-state index contributed by atoms with van der Waals surface area (Å²) < 4.78 is 11.4. The minimum Gasteiger partial charge on any atom is -0.495 e. The first-order valence-corrected chi connectivity index (χ1v) is 9.19. The fourth-order valence-corrected chi connectivity index (χ4v) is 3.78. The predicted molar refractivity (Wildman–Crippen MR) is 104 cm³/mol. The first kappa shape index (κ1) is 16.9. The number of para-hydroxylation sites is 1. The highest BCUT2D eigenvalue weighted by molar-refractivity contribution is 6.07. The van der Waals surface area contributed by atoms with E-state index in [1.807, 2.05) is 36.4 Å². The summed E-state index contributed by atoms with van der Waals surface area (Å²) >= 11 is 0. The SMILES string of the molecule is COc1cc2c(cc1NC(=O)CN1CCCC[C@H]1C)oc1ccccc12. The number of nitrogens with zero attached hydrogens (tertiary/aromatic N) is 1. The van der Waals surface area contributed by atoms with Crippen LogP contribution in [0.1, 0.15) is 26.2 Å². The summed E-state index contributed by atoms with van der Waals surface area (Å²) in [6.07, 6.45) is 3.56. The Morgan fingerprint density at radius 3 is 2.88 bits per heavy atom. The molecule has 0 radical (unpaired) electrons. The van der Waals surface area contributed by atoms with Gasteiger partial charge in [0.1, 0.15) is 16.9 Å². The van der Waals surface area contributed by atoms with Crippen LogP contribution in [0.15, 0.2) is 40.8 Å². The minimum atomic E-state index is -0.0208. The average Bonchev–Trinajstić information content (AvgIpc) is 3.00. The van der Waals surface area contributed by atoms with Gasteiger partial charge in [-0.2, -0.15) is 0 Å². The topological polar surface area (TPSA) is 54.7 Å². The first-order valence-electron chi connectivity index (χ1n) is 9.19. The number of ether oxygens (including phenoxy) is 1. The van der Waals surface area contributed by atoms with E-state index in [1.54, 1.807) is 7.11 Å². The quantitative estimate of drug-likeness (QED) is 0.756. The van der Waals surface area contributed by atoms with Gasteiger partial charge in [-0.3, -0.25) is 9.69 Å². The van der Waals surface area contributed by atoms with Gasteiger partial charge in [0.05, 0.1) is 19.3 Å². The maximum atomic E-state index is 12.6. The Balaban J connectivity index is 1.60. The second-order valence-corrected chi connectivity index (χ2v) is 7.01. The number of anilines is 1. The standard InChI is InChI=1S/C21H24N2O3/c1-14-7-5-6-10-23(14)13-21(24)22-17-12-19-16(11-20(17)25-2)15-8-3-4-9-18(15)26-19/h3-4,8-9,11-12,14H,5-7,10,13H2,1-2H3,(H,22,24)/t14-/m1/s1. The molecule has 3 aromatic rings. The largest absolute Gasteiger partial charge is 0.495 e. The molecule has 0 spiro atoms. The second kappa shape index (κ2) is 7.00. The molecule has 4 rings (SSSR count). The molecule has 1 aliphatic rings. The van der Waals surface area contributed by atoms with E-state index < -0.39 is 0 Å². The van der Waals surface area contributed by atoms with Gasteiger partial charge in [0.15, 0.2) is 0 Å². The van der Waals surface area contributed by atoms with Crippen LogP contribution in [0.25, 0.3) is 21.9 Å². The van der Waals surface area contributed by atoms with E-state index in [0.29, 0.717) is 24.0 Å². The third-order valence-electron chi connectivity index (χ3n) is 5.26. The number of benzene rings is 2. The number of likely N-dealkylation sites (tertiary alicyclic amines) is 1. The van der Waals surface area contributed by atoms with Gasteiger partial charge in [-0.1, -0.05) is 24.6 Å². The van der Waals surface area contributed by atoms with E-state index in [-0.39, 0.29) is 5.91 Å². The number of carbonyl (C=O) groups is 1. The highest BCUT2D eigenvalue weighted by Gasteiger charge is 2.21. The van der Waals surface area contributed by atoms with Crippen molar-refractivity contribution in [2.75, 3.05) is 25.5 Å². The number of hydrogen-bond donors (Lipinski definition) is 1. The highest BCUT2D eigenvalue weighted by atomic mass is 16.5. The zero-order valence-electron chi connectivity index (χ0n) is 15.2. The molecule has 1 atom stereocenters. The van der Waals surface area contributed by atoms with Crippen molar-refractivity contribution < 1.29 is 13.9 Å². The van der Waals surface area contributed by atoms with Crippen LogP contribution in [-0.2, 0) is 4.79 Å². The number of piperidine rings is 1. The molecule has 1 aromatic heterocycles. The summed E-state index contributed by atoms with van der Waals surface area (Å²) in [7, 11) is 1.62. The molecule has 26 heavy (non-hydrogen) atoms.